The van der Waals surface area contributed by atoms with Crippen LogP contribution in [-0.4, -0.2) is 88.4 Å². The number of nitrogens with zero attached hydrogens (tertiary/aromatic N) is 3. The smallest absolute Gasteiger partial charge is 0.190 e. The predicted molar refractivity (Wildman–Crippen MR) is 123 cm³/mol. The lowest BCUT2D eigenvalue weighted by Gasteiger charge is -2.34. The summed E-state index contributed by atoms with van der Waals surface area (Å²) in [6.45, 7) is 17.3. The van der Waals surface area contributed by atoms with Crippen molar-refractivity contribution in [2.45, 2.75) is 40.2 Å². The zero-order chi connectivity index (χ0) is 18.7. The minimum Gasteiger partial charge on any atom is -0.378 e. The first-order valence-electron chi connectivity index (χ1n) is 9.93. The van der Waals surface area contributed by atoms with Crippen LogP contribution in [0.3, 0.4) is 0 Å². The maximum Gasteiger partial charge on any atom is 0.190 e. The van der Waals surface area contributed by atoms with Crippen molar-refractivity contribution in [2.75, 3.05) is 66.5 Å². The van der Waals surface area contributed by atoms with E-state index in [1.807, 2.05) is 7.05 Å². The van der Waals surface area contributed by atoms with Crippen LogP contribution < -0.4 is 10.6 Å². The SMILES string of the molecule is CCOC(CCNC(=NC)NCC(C)CN1CCN(C)CC1)C(C)C.I. The third-order valence-corrected chi connectivity index (χ3v) is 4.85. The molecule has 0 bridgehead atoms. The molecule has 1 heterocycles. The molecule has 1 fully saturated rings. The van der Waals surface area contributed by atoms with E-state index in [1.165, 1.54) is 26.2 Å². The first-order chi connectivity index (χ1) is 12.0. The van der Waals surface area contributed by atoms with Crippen molar-refractivity contribution in [3.63, 3.8) is 0 Å². The van der Waals surface area contributed by atoms with Gasteiger partial charge in [-0.1, -0.05) is 20.8 Å². The van der Waals surface area contributed by atoms with Crippen LogP contribution in [0.4, 0.5) is 0 Å². The molecule has 2 atom stereocenters. The van der Waals surface area contributed by atoms with E-state index in [0.717, 1.165) is 38.6 Å². The maximum atomic E-state index is 5.80. The summed E-state index contributed by atoms with van der Waals surface area (Å²) in [5, 5.41) is 6.88. The van der Waals surface area contributed by atoms with Gasteiger partial charge in [0.05, 0.1) is 6.10 Å². The molecule has 1 saturated heterocycles. The van der Waals surface area contributed by atoms with Gasteiger partial charge in [-0.15, -0.1) is 24.0 Å². The normalized spacial score (nSPS) is 19.1. The van der Waals surface area contributed by atoms with Crippen molar-refractivity contribution in [2.24, 2.45) is 16.8 Å². The lowest BCUT2D eigenvalue weighted by molar-refractivity contribution is 0.0258. The predicted octanol–water partition coefficient (Wildman–Crippen LogP) is 2.10. The highest BCUT2D eigenvalue weighted by Crippen LogP contribution is 2.10. The van der Waals surface area contributed by atoms with E-state index in [4.69, 9.17) is 4.74 Å². The topological polar surface area (TPSA) is 52.1 Å². The quantitative estimate of drug-likeness (QED) is 0.283. The number of nitrogens with one attached hydrogen (secondary N) is 2. The zero-order valence-corrected chi connectivity index (χ0v) is 20.1. The molecule has 0 aromatic heterocycles. The monoisotopic (exact) mass is 483 g/mol. The van der Waals surface area contributed by atoms with Gasteiger partial charge in [-0.05, 0) is 32.2 Å². The summed E-state index contributed by atoms with van der Waals surface area (Å²) < 4.78 is 5.80. The van der Waals surface area contributed by atoms with E-state index in [1.54, 1.807) is 0 Å². The molecule has 2 N–H and O–H groups in total. The molecule has 0 radical (unpaired) electrons. The van der Waals surface area contributed by atoms with Gasteiger partial charge in [-0.25, -0.2) is 0 Å². The van der Waals surface area contributed by atoms with Crippen molar-refractivity contribution in [3.8, 4) is 0 Å². The molecule has 0 aromatic rings. The highest BCUT2D eigenvalue weighted by molar-refractivity contribution is 14.0. The van der Waals surface area contributed by atoms with Crippen LogP contribution in [0, 0.1) is 11.8 Å². The van der Waals surface area contributed by atoms with E-state index in [2.05, 4.69) is 60.2 Å². The minimum atomic E-state index is 0. The molecule has 1 aliphatic rings. The number of likely N-dealkylation sites (N-methyl/N-ethyl adjacent to an activating group) is 1. The number of guanidine groups is 1. The second kappa shape index (κ2) is 14.9. The number of rotatable bonds is 10. The highest BCUT2D eigenvalue weighted by Gasteiger charge is 2.16. The number of piperazine rings is 1. The van der Waals surface area contributed by atoms with Gasteiger partial charge in [0, 0.05) is 59.5 Å². The molecule has 26 heavy (non-hydrogen) atoms. The second-order valence-electron chi connectivity index (χ2n) is 7.62. The molecular formula is C19H42IN5O. The molecule has 2 unspecified atom stereocenters. The number of hydrogen-bond acceptors (Lipinski definition) is 4. The Morgan fingerprint density at radius 1 is 1.12 bits per heavy atom. The highest BCUT2D eigenvalue weighted by atomic mass is 127. The van der Waals surface area contributed by atoms with Gasteiger partial charge in [0.1, 0.15) is 0 Å². The standard InChI is InChI=1S/C19H41N5O.HI/c1-7-25-18(16(2)3)8-9-21-19(20-5)22-14-17(4)15-24-12-10-23(6)11-13-24;/h16-18H,7-15H2,1-6H3,(H2,20,21,22);1H. The van der Waals surface area contributed by atoms with Gasteiger partial charge in [0.15, 0.2) is 5.96 Å². The summed E-state index contributed by atoms with van der Waals surface area (Å²) in [6, 6.07) is 0. The molecule has 1 aliphatic heterocycles. The molecule has 6 nitrogen and oxygen atoms in total. The molecule has 0 aliphatic carbocycles. The Kier molecular flexibility index (Phi) is 14.8. The fourth-order valence-electron chi connectivity index (χ4n) is 3.18. The Morgan fingerprint density at radius 3 is 2.31 bits per heavy atom. The summed E-state index contributed by atoms with van der Waals surface area (Å²) in [6.07, 6.45) is 1.31. The lowest BCUT2D eigenvalue weighted by Crippen LogP contribution is -2.47. The zero-order valence-electron chi connectivity index (χ0n) is 17.8. The first kappa shape index (κ1) is 25.9. The van der Waals surface area contributed by atoms with E-state index in [9.17, 15) is 0 Å². The van der Waals surface area contributed by atoms with Crippen molar-refractivity contribution in [1.29, 1.82) is 0 Å². The van der Waals surface area contributed by atoms with Crippen LogP contribution in [-0.2, 0) is 4.74 Å². The second-order valence-corrected chi connectivity index (χ2v) is 7.62. The largest absolute Gasteiger partial charge is 0.378 e. The Balaban J connectivity index is 0.00000625. The van der Waals surface area contributed by atoms with E-state index >= 15 is 0 Å². The van der Waals surface area contributed by atoms with Gasteiger partial charge in [-0.3, -0.25) is 4.99 Å². The van der Waals surface area contributed by atoms with Gasteiger partial charge in [0.2, 0.25) is 0 Å². The number of ether oxygens (including phenoxy) is 1. The Hall–Kier alpha value is -0.120. The van der Waals surface area contributed by atoms with Crippen molar-refractivity contribution >= 4 is 29.9 Å². The average Bonchev–Trinajstić information content (AvgIpc) is 2.58. The first-order valence-corrected chi connectivity index (χ1v) is 9.93. The van der Waals surface area contributed by atoms with Crippen LogP contribution in [0.1, 0.15) is 34.1 Å². The number of hydrogen-bond donors (Lipinski definition) is 2. The maximum absolute atomic E-state index is 5.80. The molecule has 156 valence electrons. The van der Waals surface area contributed by atoms with Crippen LogP contribution in [0.25, 0.3) is 0 Å². The summed E-state index contributed by atoms with van der Waals surface area (Å²) in [7, 11) is 4.04. The summed E-state index contributed by atoms with van der Waals surface area (Å²) >= 11 is 0. The summed E-state index contributed by atoms with van der Waals surface area (Å²) in [4.78, 5) is 9.31. The minimum absolute atomic E-state index is 0. The van der Waals surface area contributed by atoms with Crippen LogP contribution >= 0.6 is 24.0 Å². The molecular weight excluding hydrogens is 441 g/mol. The molecule has 0 amide bonds. The lowest BCUT2D eigenvalue weighted by atomic mass is 10.0. The number of aliphatic imine (C=N–C) groups is 1. The summed E-state index contributed by atoms with van der Waals surface area (Å²) in [5.74, 6) is 2.04. The molecule has 7 heteroatoms. The molecule has 0 saturated carbocycles. The van der Waals surface area contributed by atoms with Gasteiger partial charge < -0.3 is 25.2 Å². The van der Waals surface area contributed by atoms with Gasteiger partial charge >= 0.3 is 0 Å². The van der Waals surface area contributed by atoms with E-state index in [0.29, 0.717) is 17.9 Å². The fraction of sp³-hybridized carbons (Fsp3) is 0.947. The Morgan fingerprint density at radius 2 is 1.77 bits per heavy atom. The van der Waals surface area contributed by atoms with Crippen molar-refractivity contribution < 1.29 is 4.74 Å². The van der Waals surface area contributed by atoms with Crippen molar-refractivity contribution in [1.82, 2.24) is 20.4 Å². The van der Waals surface area contributed by atoms with Gasteiger partial charge in [-0.2, -0.15) is 0 Å². The fourth-order valence-corrected chi connectivity index (χ4v) is 3.18. The van der Waals surface area contributed by atoms with Crippen LogP contribution in [0.15, 0.2) is 4.99 Å². The van der Waals surface area contributed by atoms with Crippen LogP contribution in [0.5, 0.6) is 0 Å². The average molecular weight is 483 g/mol. The van der Waals surface area contributed by atoms with Crippen molar-refractivity contribution in [3.05, 3.63) is 0 Å². The van der Waals surface area contributed by atoms with Crippen LogP contribution in [0.2, 0.25) is 0 Å². The van der Waals surface area contributed by atoms with Gasteiger partial charge in [0.25, 0.3) is 0 Å². The third-order valence-electron chi connectivity index (χ3n) is 4.85. The summed E-state index contributed by atoms with van der Waals surface area (Å²) in [5.41, 5.74) is 0. The third kappa shape index (κ3) is 10.9. The molecule has 0 aromatic carbocycles. The Bertz CT molecular complexity index is 373. The van der Waals surface area contributed by atoms with E-state index < -0.39 is 0 Å². The molecule has 1 rings (SSSR count). The van der Waals surface area contributed by atoms with E-state index in [-0.39, 0.29) is 24.0 Å². The Labute approximate surface area is 178 Å². The molecule has 0 spiro atoms. The number of halogens is 1.